The Morgan fingerprint density at radius 3 is 1.42 bits per heavy atom. The average Bonchev–Trinajstić information content (AvgIpc) is 3.82. The van der Waals surface area contributed by atoms with Crippen molar-refractivity contribution in [1.82, 2.24) is 16.0 Å². The summed E-state index contributed by atoms with van der Waals surface area (Å²) in [5.41, 5.74) is 8.51. The van der Waals surface area contributed by atoms with Crippen molar-refractivity contribution in [3.8, 4) is 0 Å². The van der Waals surface area contributed by atoms with Crippen molar-refractivity contribution >= 4 is 41.7 Å². The summed E-state index contributed by atoms with van der Waals surface area (Å²) in [5, 5.41) is 8.12. The highest BCUT2D eigenvalue weighted by molar-refractivity contribution is 6.21. The van der Waals surface area contributed by atoms with Gasteiger partial charge in [0, 0.05) is 28.0 Å². The Labute approximate surface area is 307 Å². The zero-order valence-corrected chi connectivity index (χ0v) is 28.6. The molecule has 3 N–H and O–H groups in total. The third-order valence-electron chi connectivity index (χ3n) is 8.57. The van der Waals surface area contributed by atoms with Crippen LogP contribution in [0.25, 0.3) is 11.8 Å². The molecule has 6 aromatic rings. The van der Waals surface area contributed by atoms with E-state index in [2.05, 4.69) is 28.1 Å². The van der Waals surface area contributed by atoms with Crippen molar-refractivity contribution in [2.45, 2.75) is 12.5 Å². The van der Waals surface area contributed by atoms with E-state index in [1.807, 2.05) is 121 Å². The fourth-order valence-electron chi connectivity index (χ4n) is 5.98. The van der Waals surface area contributed by atoms with Crippen molar-refractivity contribution in [2.75, 3.05) is 0 Å². The summed E-state index contributed by atoms with van der Waals surface area (Å²) in [4.78, 5) is 55.4. The number of nitrogens with one attached hydrogen (secondary N) is 3. The predicted molar refractivity (Wildman–Crippen MR) is 205 cm³/mol. The molecule has 0 fully saturated rings. The van der Waals surface area contributed by atoms with Crippen LogP contribution in [0.1, 0.15) is 80.1 Å². The topological polar surface area (TPSA) is 121 Å². The third-order valence-corrected chi connectivity index (χ3v) is 8.57. The van der Waals surface area contributed by atoms with Crippen molar-refractivity contribution in [2.24, 2.45) is 0 Å². The van der Waals surface area contributed by atoms with E-state index in [1.54, 1.807) is 36.4 Å². The normalized spacial score (nSPS) is 15.0. The molecule has 3 aliphatic rings. The summed E-state index contributed by atoms with van der Waals surface area (Å²) in [6.45, 7) is 0. The number of rotatable bonds is 4. The van der Waals surface area contributed by atoms with Crippen LogP contribution in [-0.4, -0.2) is 29.9 Å². The van der Waals surface area contributed by atoms with Gasteiger partial charge in [-0.05, 0) is 53.5 Å². The Bertz CT molecular complexity index is 2250. The highest BCUT2D eigenvalue weighted by Gasteiger charge is 2.28. The average molecular weight is 698 g/mol. The summed E-state index contributed by atoms with van der Waals surface area (Å²) in [6.07, 6.45) is 3.67. The van der Waals surface area contributed by atoms with Crippen LogP contribution in [0, 0.1) is 0 Å². The molecule has 0 radical (unpaired) electrons. The molecule has 0 saturated carbocycles. The standard InChI is InChI=1S/C15H13NO.C15H11NO.C8H5NO2.C7H6O/c2*17-15-13-9-5-4-8-12(13)14(16-15)10-11-6-2-1-3-7-11;10-7-5-3-1-2-4-6(5)8(11)9-7;8-6-7-4-2-1-3-5-7/h1-9,14H,10H2,(H,16,17);1-10H,(H,16,17);1-4H,(H,9,10,11);1-6H. The molecule has 3 heterocycles. The fraction of sp³-hybridized carbons (Fsp3) is 0.0444. The van der Waals surface area contributed by atoms with Gasteiger partial charge in [-0.3, -0.25) is 29.3 Å². The van der Waals surface area contributed by atoms with Crippen molar-refractivity contribution in [3.05, 3.63) is 214 Å². The molecule has 1 unspecified atom stereocenters. The van der Waals surface area contributed by atoms with Crippen LogP contribution < -0.4 is 16.0 Å². The zero-order valence-electron chi connectivity index (χ0n) is 28.6. The number of hydrogen-bond acceptors (Lipinski definition) is 5. The van der Waals surface area contributed by atoms with Gasteiger partial charge in [-0.1, -0.05) is 140 Å². The molecule has 3 aliphatic heterocycles. The Morgan fingerprint density at radius 2 is 0.868 bits per heavy atom. The number of amides is 4. The Hall–Kier alpha value is -7.19. The first kappa shape index (κ1) is 35.6. The number of fused-ring (bicyclic) bond motifs is 3. The fourth-order valence-corrected chi connectivity index (χ4v) is 5.98. The minimum Gasteiger partial charge on any atom is -0.345 e. The van der Waals surface area contributed by atoms with Crippen molar-refractivity contribution < 1.29 is 24.0 Å². The van der Waals surface area contributed by atoms with Gasteiger partial charge in [-0.15, -0.1) is 0 Å². The van der Waals surface area contributed by atoms with Crippen LogP contribution in [0.4, 0.5) is 0 Å². The van der Waals surface area contributed by atoms with Crippen molar-refractivity contribution in [1.29, 1.82) is 0 Å². The van der Waals surface area contributed by atoms with Gasteiger partial charge >= 0.3 is 0 Å². The molecule has 53 heavy (non-hydrogen) atoms. The molecule has 8 heteroatoms. The first-order chi connectivity index (χ1) is 25.9. The molecule has 9 rings (SSSR count). The molecular weight excluding hydrogens is 663 g/mol. The zero-order chi connectivity index (χ0) is 37.0. The highest BCUT2D eigenvalue weighted by atomic mass is 16.2. The molecule has 0 aromatic heterocycles. The van der Waals surface area contributed by atoms with Gasteiger partial charge in [0.1, 0.15) is 6.29 Å². The number of carbonyl (C=O) groups is 5. The molecule has 0 saturated heterocycles. The van der Waals surface area contributed by atoms with Crippen LogP contribution in [0.15, 0.2) is 164 Å². The minimum absolute atomic E-state index is 0.0252. The summed E-state index contributed by atoms with van der Waals surface area (Å²) >= 11 is 0. The van der Waals surface area contributed by atoms with Gasteiger partial charge in [0.15, 0.2) is 0 Å². The van der Waals surface area contributed by atoms with Crippen LogP contribution in [-0.2, 0) is 6.42 Å². The van der Waals surface area contributed by atoms with E-state index in [4.69, 9.17) is 0 Å². The van der Waals surface area contributed by atoms with Crippen LogP contribution in [0.3, 0.4) is 0 Å². The van der Waals surface area contributed by atoms with Crippen LogP contribution in [0.5, 0.6) is 0 Å². The van der Waals surface area contributed by atoms with Gasteiger partial charge < -0.3 is 10.6 Å². The van der Waals surface area contributed by atoms with E-state index in [9.17, 15) is 24.0 Å². The van der Waals surface area contributed by atoms with E-state index >= 15 is 0 Å². The Morgan fingerprint density at radius 1 is 0.434 bits per heavy atom. The lowest BCUT2D eigenvalue weighted by atomic mass is 9.99. The maximum absolute atomic E-state index is 11.8. The summed E-state index contributed by atoms with van der Waals surface area (Å²) in [5.74, 6) is -0.583. The number of imide groups is 1. The maximum atomic E-state index is 11.8. The van der Waals surface area contributed by atoms with E-state index in [-0.39, 0.29) is 29.7 Å². The number of benzene rings is 6. The molecular formula is C45H35N3O5. The SMILES string of the molecule is O=C1NC(=Cc2ccccc2)c2ccccc21.O=C1NC(=O)c2ccccc21.O=C1NC(Cc2ccccc2)c2ccccc21.O=Cc1ccccc1. The highest BCUT2D eigenvalue weighted by Crippen LogP contribution is 2.28. The Balaban J connectivity index is 0.000000126. The lowest BCUT2D eigenvalue weighted by molar-refractivity contribution is 0.0876. The molecule has 260 valence electrons. The number of aldehydes is 1. The molecule has 1 atom stereocenters. The number of hydrogen-bond donors (Lipinski definition) is 3. The number of carbonyl (C=O) groups excluding carboxylic acids is 5. The lowest BCUT2D eigenvalue weighted by Gasteiger charge is -2.11. The monoisotopic (exact) mass is 697 g/mol. The smallest absolute Gasteiger partial charge is 0.258 e. The largest absolute Gasteiger partial charge is 0.345 e. The summed E-state index contributed by atoms with van der Waals surface area (Å²) < 4.78 is 0. The van der Waals surface area contributed by atoms with E-state index in [0.717, 1.165) is 51.8 Å². The first-order valence-electron chi connectivity index (χ1n) is 17.0. The Kier molecular flexibility index (Phi) is 11.5. The second kappa shape index (κ2) is 17.2. The van der Waals surface area contributed by atoms with E-state index in [1.165, 1.54) is 5.56 Å². The molecule has 8 nitrogen and oxygen atoms in total. The van der Waals surface area contributed by atoms with Crippen molar-refractivity contribution in [3.63, 3.8) is 0 Å². The van der Waals surface area contributed by atoms with Gasteiger partial charge in [0.05, 0.1) is 17.2 Å². The van der Waals surface area contributed by atoms with Gasteiger partial charge in [-0.25, -0.2) is 0 Å². The molecule has 6 aromatic carbocycles. The predicted octanol–water partition coefficient (Wildman–Crippen LogP) is 7.71. The van der Waals surface area contributed by atoms with Gasteiger partial charge in [0.2, 0.25) is 0 Å². The first-order valence-corrected chi connectivity index (χ1v) is 17.0. The van der Waals surface area contributed by atoms with Crippen LogP contribution >= 0.6 is 0 Å². The second-order valence-electron chi connectivity index (χ2n) is 12.1. The van der Waals surface area contributed by atoms with E-state index in [0.29, 0.717) is 11.1 Å². The summed E-state index contributed by atoms with van der Waals surface area (Å²) in [6, 6.07) is 51.6. The quantitative estimate of drug-likeness (QED) is 0.129. The molecule has 0 bridgehead atoms. The third kappa shape index (κ3) is 8.95. The second-order valence-corrected chi connectivity index (χ2v) is 12.1. The van der Waals surface area contributed by atoms with Gasteiger partial charge in [-0.2, -0.15) is 0 Å². The molecule has 4 amide bonds. The van der Waals surface area contributed by atoms with Gasteiger partial charge in [0.25, 0.3) is 23.6 Å². The van der Waals surface area contributed by atoms with Crippen LogP contribution in [0.2, 0.25) is 0 Å². The molecule has 0 spiro atoms. The lowest BCUT2D eigenvalue weighted by Crippen LogP contribution is -2.20. The molecule has 0 aliphatic carbocycles. The van der Waals surface area contributed by atoms with E-state index < -0.39 is 0 Å². The summed E-state index contributed by atoms with van der Waals surface area (Å²) in [7, 11) is 0. The maximum Gasteiger partial charge on any atom is 0.258 e. The minimum atomic E-state index is -0.300.